The molecule has 1 saturated carbocycles. The minimum atomic E-state index is -0.791. The number of fused-ring (bicyclic) bond motifs is 1. The predicted molar refractivity (Wildman–Crippen MR) is 157 cm³/mol. The Bertz CT molecular complexity index is 1400. The first-order valence-corrected chi connectivity index (χ1v) is 14.3. The van der Waals surface area contributed by atoms with Crippen LogP contribution < -0.4 is 21.5 Å². The maximum absolute atomic E-state index is 13.4. The van der Waals surface area contributed by atoms with Crippen LogP contribution in [0.2, 0.25) is 0 Å². The fourth-order valence-electron chi connectivity index (χ4n) is 4.87. The van der Waals surface area contributed by atoms with Crippen LogP contribution in [0, 0.1) is 11.8 Å². The highest BCUT2D eigenvalue weighted by molar-refractivity contribution is 9.10. The lowest BCUT2D eigenvalue weighted by molar-refractivity contribution is -0.130. The molecule has 3 amide bonds. The standard InChI is InChI=1S/C29H36BrN5O5/c1-29(2,3)40-28(39)31-16-18-4-8-19(9-5-18)25(36)33-24(14-17-6-10-20(30)11-7-17)27(38)32-21-12-13-22-23(15-21)34-35-26(22)37/h6-7,10-13,15,18-19,24H,4-5,8-9,14,16H2,1-3H3,(H,31,39)(H,32,38)(H,33,36)(H2,34,35,37)/t18?,19?,24-/m0/s1. The molecule has 11 heteroatoms. The van der Waals surface area contributed by atoms with E-state index in [9.17, 15) is 19.2 Å². The summed E-state index contributed by atoms with van der Waals surface area (Å²) in [5.41, 5.74) is 1.22. The van der Waals surface area contributed by atoms with Crippen LogP contribution in [0.25, 0.3) is 10.9 Å². The van der Waals surface area contributed by atoms with Gasteiger partial charge in [-0.2, -0.15) is 0 Å². The second-order valence-electron chi connectivity index (χ2n) is 11.3. The van der Waals surface area contributed by atoms with E-state index < -0.39 is 17.7 Å². The van der Waals surface area contributed by atoms with E-state index >= 15 is 0 Å². The molecule has 0 unspecified atom stereocenters. The lowest BCUT2D eigenvalue weighted by Crippen LogP contribution is -2.48. The molecule has 1 aliphatic carbocycles. The number of amides is 3. The maximum atomic E-state index is 13.4. The number of carbonyl (C=O) groups is 3. The molecule has 2 aromatic carbocycles. The van der Waals surface area contributed by atoms with Gasteiger partial charge >= 0.3 is 6.09 Å². The largest absolute Gasteiger partial charge is 0.444 e. The number of halogens is 1. The van der Waals surface area contributed by atoms with Crippen LogP contribution in [0.15, 0.2) is 51.7 Å². The zero-order valence-electron chi connectivity index (χ0n) is 22.9. The summed E-state index contributed by atoms with van der Waals surface area (Å²) in [4.78, 5) is 50.4. The van der Waals surface area contributed by atoms with Gasteiger partial charge in [0.15, 0.2) is 0 Å². The topological polar surface area (TPSA) is 145 Å². The van der Waals surface area contributed by atoms with E-state index in [1.54, 1.807) is 18.2 Å². The van der Waals surface area contributed by atoms with Gasteiger partial charge in [-0.25, -0.2) is 4.79 Å². The molecule has 1 atom stereocenters. The number of aromatic nitrogens is 2. The number of aromatic amines is 2. The van der Waals surface area contributed by atoms with Crippen LogP contribution in [-0.2, 0) is 20.7 Å². The molecule has 0 aliphatic heterocycles. The summed E-state index contributed by atoms with van der Waals surface area (Å²) in [7, 11) is 0. The molecule has 1 aromatic heterocycles. The van der Waals surface area contributed by atoms with Crippen molar-refractivity contribution in [2.45, 2.75) is 64.5 Å². The zero-order chi connectivity index (χ0) is 28.9. The number of benzene rings is 2. The average molecular weight is 615 g/mol. The first kappa shape index (κ1) is 29.4. The van der Waals surface area contributed by atoms with Gasteiger partial charge in [-0.3, -0.25) is 24.6 Å². The predicted octanol–water partition coefficient (Wildman–Crippen LogP) is 4.62. The Hall–Kier alpha value is -3.60. The van der Waals surface area contributed by atoms with Crippen LogP contribution in [0.4, 0.5) is 10.5 Å². The van der Waals surface area contributed by atoms with Gasteiger partial charge in [0, 0.05) is 29.0 Å². The second-order valence-corrected chi connectivity index (χ2v) is 12.2. The van der Waals surface area contributed by atoms with Crippen molar-refractivity contribution in [3.63, 3.8) is 0 Å². The van der Waals surface area contributed by atoms with Crippen molar-refractivity contribution in [2.75, 3.05) is 11.9 Å². The highest BCUT2D eigenvalue weighted by Gasteiger charge is 2.30. The third-order valence-corrected chi connectivity index (χ3v) is 7.51. The Morgan fingerprint density at radius 1 is 1.02 bits per heavy atom. The Balaban J connectivity index is 1.37. The smallest absolute Gasteiger partial charge is 0.407 e. The number of alkyl carbamates (subject to hydrolysis) is 1. The number of anilines is 1. The third-order valence-electron chi connectivity index (χ3n) is 6.98. The number of rotatable bonds is 8. The van der Waals surface area contributed by atoms with Crippen molar-refractivity contribution in [2.24, 2.45) is 11.8 Å². The normalized spacial score (nSPS) is 18.1. The Labute approximate surface area is 241 Å². The first-order chi connectivity index (χ1) is 19.0. The average Bonchev–Trinajstić information content (AvgIpc) is 3.27. The molecule has 214 valence electrons. The fraction of sp³-hybridized carbons (Fsp3) is 0.448. The van der Waals surface area contributed by atoms with E-state index in [4.69, 9.17) is 4.74 Å². The van der Waals surface area contributed by atoms with Crippen molar-refractivity contribution in [1.82, 2.24) is 20.8 Å². The van der Waals surface area contributed by atoms with Gasteiger partial charge in [0.1, 0.15) is 11.6 Å². The molecule has 10 nitrogen and oxygen atoms in total. The molecule has 1 heterocycles. The van der Waals surface area contributed by atoms with Crippen LogP contribution >= 0.6 is 15.9 Å². The number of carbonyl (C=O) groups excluding carboxylic acids is 3. The molecule has 0 radical (unpaired) electrons. The minimum absolute atomic E-state index is 0.152. The van der Waals surface area contributed by atoms with Gasteiger partial charge in [-0.15, -0.1) is 0 Å². The number of hydrogen-bond acceptors (Lipinski definition) is 5. The molecule has 0 bridgehead atoms. The zero-order valence-corrected chi connectivity index (χ0v) is 24.5. The number of hydrogen-bond donors (Lipinski definition) is 5. The van der Waals surface area contributed by atoms with E-state index in [-0.39, 0.29) is 29.2 Å². The summed E-state index contributed by atoms with van der Waals surface area (Å²) < 4.78 is 6.23. The highest BCUT2D eigenvalue weighted by atomic mass is 79.9. The molecular weight excluding hydrogens is 578 g/mol. The summed E-state index contributed by atoms with van der Waals surface area (Å²) >= 11 is 3.43. The van der Waals surface area contributed by atoms with E-state index in [0.717, 1.165) is 22.9 Å². The lowest BCUT2D eigenvalue weighted by Gasteiger charge is -2.29. The first-order valence-electron chi connectivity index (χ1n) is 13.5. The number of ether oxygens (including phenoxy) is 1. The van der Waals surface area contributed by atoms with Crippen molar-refractivity contribution in [3.05, 3.63) is 62.9 Å². The number of H-pyrrole nitrogens is 2. The quantitative estimate of drug-likeness (QED) is 0.252. The summed E-state index contributed by atoms with van der Waals surface area (Å²) in [5.74, 6) is -0.433. The Kier molecular flexibility index (Phi) is 9.34. The van der Waals surface area contributed by atoms with Gasteiger partial charge in [0.05, 0.1) is 10.9 Å². The summed E-state index contributed by atoms with van der Waals surface area (Å²) in [6.45, 7) is 5.98. The summed E-state index contributed by atoms with van der Waals surface area (Å²) in [5, 5.41) is 14.5. The van der Waals surface area contributed by atoms with E-state index in [1.807, 2.05) is 45.0 Å². The summed E-state index contributed by atoms with van der Waals surface area (Å²) in [6.07, 6.45) is 2.84. The molecular formula is C29H36BrN5O5. The molecule has 40 heavy (non-hydrogen) atoms. The second kappa shape index (κ2) is 12.7. The summed E-state index contributed by atoms with van der Waals surface area (Å²) in [6, 6.07) is 11.8. The molecule has 0 saturated heterocycles. The SMILES string of the molecule is CC(C)(C)OC(=O)NCC1CCC(C(=O)N[C@@H](Cc2ccc(Br)cc2)C(=O)Nc2ccc3c(=O)[nH][nH]c3c2)CC1. The van der Waals surface area contributed by atoms with Gasteiger partial charge in [0.25, 0.3) is 5.56 Å². The highest BCUT2D eigenvalue weighted by Crippen LogP contribution is 2.29. The van der Waals surface area contributed by atoms with Crippen LogP contribution in [0.1, 0.15) is 52.0 Å². The van der Waals surface area contributed by atoms with E-state index in [1.165, 1.54) is 0 Å². The van der Waals surface area contributed by atoms with Gasteiger partial charge < -0.3 is 20.7 Å². The van der Waals surface area contributed by atoms with Crippen LogP contribution in [-0.4, -0.2) is 46.3 Å². The fourth-order valence-corrected chi connectivity index (χ4v) is 5.13. The maximum Gasteiger partial charge on any atom is 0.407 e. The Morgan fingerprint density at radius 2 is 1.73 bits per heavy atom. The van der Waals surface area contributed by atoms with Gasteiger partial charge in [-0.1, -0.05) is 28.1 Å². The monoisotopic (exact) mass is 613 g/mol. The van der Waals surface area contributed by atoms with Crippen molar-refractivity contribution < 1.29 is 19.1 Å². The van der Waals surface area contributed by atoms with Crippen molar-refractivity contribution in [1.29, 1.82) is 0 Å². The van der Waals surface area contributed by atoms with Crippen LogP contribution in [0.5, 0.6) is 0 Å². The van der Waals surface area contributed by atoms with Crippen molar-refractivity contribution in [3.8, 4) is 0 Å². The molecule has 0 spiro atoms. The molecule has 1 aliphatic rings. The van der Waals surface area contributed by atoms with E-state index in [2.05, 4.69) is 42.1 Å². The third kappa shape index (κ3) is 8.20. The van der Waals surface area contributed by atoms with E-state index in [0.29, 0.717) is 42.4 Å². The Morgan fingerprint density at radius 3 is 2.40 bits per heavy atom. The molecule has 5 N–H and O–H groups in total. The van der Waals surface area contributed by atoms with Gasteiger partial charge in [-0.05, 0) is 88.3 Å². The lowest BCUT2D eigenvalue weighted by atomic mass is 9.81. The van der Waals surface area contributed by atoms with Gasteiger partial charge in [0.2, 0.25) is 11.8 Å². The minimum Gasteiger partial charge on any atom is -0.444 e. The van der Waals surface area contributed by atoms with Crippen molar-refractivity contribution >= 4 is 50.4 Å². The molecule has 4 rings (SSSR count). The number of nitrogens with one attached hydrogen (secondary N) is 5. The van der Waals surface area contributed by atoms with Crippen LogP contribution in [0.3, 0.4) is 0 Å². The molecule has 3 aromatic rings. The molecule has 1 fully saturated rings.